The molecule has 0 radical (unpaired) electrons. The molecule has 0 spiro atoms. The second-order valence-electron chi connectivity index (χ2n) is 6.60. The summed E-state index contributed by atoms with van der Waals surface area (Å²) in [6, 6.07) is 8.24. The molecule has 7 nitrogen and oxygen atoms in total. The summed E-state index contributed by atoms with van der Waals surface area (Å²) in [5.41, 5.74) is 0.918. The molecule has 1 aliphatic heterocycles. The number of carbonyl (C=O) groups is 2. The molecule has 160 valence electrons. The normalized spacial score (nSPS) is 14.2. The van der Waals surface area contributed by atoms with Gasteiger partial charge in [-0.15, -0.1) is 0 Å². The van der Waals surface area contributed by atoms with Crippen LogP contribution in [-0.4, -0.2) is 62.1 Å². The molecule has 2 aromatic rings. The zero-order valence-electron chi connectivity index (χ0n) is 16.7. The van der Waals surface area contributed by atoms with Crippen LogP contribution < -0.4 is 0 Å². The van der Waals surface area contributed by atoms with Gasteiger partial charge in [0.05, 0.1) is 36.6 Å². The van der Waals surface area contributed by atoms with Crippen LogP contribution in [0.1, 0.15) is 11.3 Å². The fourth-order valence-corrected chi connectivity index (χ4v) is 3.73. The molecule has 0 atom stereocenters. The van der Waals surface area contributed by atoms with Crippen molar-refractivity contribution in [1.29, 1.82) is 0 Å². The van der Waals surface area contributed by atoms with Crippen molar-refractivity contribution >= 4 is 40.6 Å². The van der Waals surface area contributed by atoms with Crippen LogP contribution in [0.25, 0.3) is 5.57 Å². The smallest absolute Gasteiger partial charge is 0.278 e. The van der Waals surface area contributed by atoms with Gasteiger partial charge in [0.15, 0.2) is 0 Å². The quantitative estimate of drug-likeness (QED) is 0.514. The highest BCUT2D eigenvalue weighted by Gasteiger charge is 2.42. The maximum absolute atomic E-state index is 13.4. The van der Waals surface area contributed by atoms with Crippen molar-refractivity contribution in [2.75, 3.05) is 40.5 Å². The van der Waals surface area contributed by atoms with Gasteiger partial charge in [0.25, 0.3) is 11.8 Å². The van der Waals surface area contributed by atoms with Crippen molar-refractivity contribution in [2.45, 2.75) is 6.54 Å². The van der Waals surface area contributed by atoms with E-state index in [1.54, 1.807) is 49.5 Å². The van der Waals surface area contributed by atoms with E-state index < -0.39 is 11.8 Å². The van der Waals surface area contributed by atoms with E-state index in [9.17, 15) is 9.59 Å². The lowest BCUT2D eigenvalue weighted by Gasteiger charge is -2.25. The van der Waals surface area contributed by atoms with E-state index in [0.29, 0.717) is 42.6 Å². The van der Waals surface area contributed by atoms with Gasteiger partial charge < -0.3 is 18.8 Å². The van der Waals surface area contributed by atoms with Crippen LogP contribution in [-0.2, 0) is 25.6 Å². The minimum absolute atomic E-state index is 0.0191. The van der Waals surface area contributed by atoms with Gasteiger partial charge in [0, 0.05) is 37.9 Å². The van der Waals surface area contributed by atoms with Crippen molar-refractivity contribution in [3.8, 4) is 0 Å². The number of rotatable bonds is 10. The summed E-state index contributed by atoms with van der Waals surface area (Å²) in [7, 11) is 3.15. The molecule has 9 heteroatoms. The van der Waals surface area contributed by atoms with Crippen LogP contribution in [0.4, 0.5) is 0 Å². The fraction of sp³-hybridized carbons (Fsp3) is 0.333. The Balaban J connectivity index is 2.08. The van der Waals surface area contributed by atoms with Crippen molar-refractivity contribution < 1.29 is 23.5 Å². The molecule has 0 aliphatic carbocycles. The number of methoxy groups -OCH3 is 2. The number of amides is 2. The number of benzene rings is 1. The van der Waals surface area contributed by atoms with E-state index in [1.807, 2.05) is 0 Å². The number of imide groups is 1. The Morgan fingerprint density at radius 1 is 1.03 bits per heavy atom. The maximum Gasteiger partial charge on any atom is 0.278 e. The first-order chi connectivity index (χ1) is 14.5. The van der Waals surface area contributed by atoms with E-state index in [2.05, 4.69) is 0 Å². The number of nitrogens with zero attached hydrogens (tertiary/aromatic N) is 2. The Labute approximate surface area is 184 Å². The minimum atomic E-state index is -0.449. The Morgan fingerprint density at radius 2 is 1.73 bits per heavy atom. The lowest BCUT2D eigenvalue weighted by Crippen LogP contribution is -2.37. The van der Waals surface area contributed by atoms with Crippen molar-refractivity contribution in [2.24, 2.45) is 0 Å². The Hall–Kier alpha value is -2.32. The second kappa shape index (κ2) is 10.1. The highest BCUT2D eigenvalue weighted by Crippen LogP contribution is 2.36. The number of ether oxygens (including phenoxy) is 2. The predicted molar refractivity (Wildman–Crippen MR) is 113 cm³/mol. The van der Waals surface area contributed by atoms with Crippen LogP contribution >= 0.6 is 23.2 Å². The van der Waals surface area contributed by atoms with Crippen molar-refractivity contribution in [3.05, 3.63) is 63.7 Å². The topological polar surface area (TPSA) is 72.2 Å². The first-order valence-corrected chi connectivity index (χ1v) is 10.0. The van der Waals surface area contributed by atoms with Crippen LogP contribution in [0.2, 0.25) is 10.0 Å². The zero-order chi connectivity index (χ0) is 21.7. The summed E-state index contributed by atoms with van der Waals surface area (Å²) in [5, 5.41) is 0.722. The molecule has 1 aliphatic rings. The van der Waals surface area contributed by atoms with Crippen molar-refractivity contribution in [3.63, 3.8) is 0 Å². The molecule has 3 rings (SSSR count). The van der Waals surface area contributed by atoms with Gasteiger partial charge in [-0.25, -0.2) is 0 Å². The molecule has 0 unspecified atom stereocenters. The average molecular weight is 453 g/mol. The molecule has 0 N–H and O–H groups in total. The Kier molecular flexibility index (Phi) is 7.55. The molecule has 0 saturated heterocycles. The largest absolute Gasteiger partial charge is 0.467 e. The number of halogens is 2. The predicted octanol–water partition coefficient (Wildman–Crippen LogP) is 3.46. The molecule has 30 heavy (non-hydrogen) atoms. The van der Waals surface area contributed by atoms with E-state index in [-0.39, 0.29) is 22.8 Å². The van der Waals surface area contributed by atoms with Crippen LogP contribution in [0.5, 0.6) is 0 Å². The molecule has 0 bridgehead atoms. The third-order valence-electron chi connectivity index (χ3n) is 4.68. The highest BCUT2D eigenvalue weighted by atomic mass is 35.5. The van der Waals surface area contributed by atoms with Gasteiger partial charge in [-0.1, -0.05) is 29.3 Å². The lowest BCUT2D eigenvalue weighted by atomic mass is 10.0. The minimum Gasteiger partial charge on any atom is -0.467 e. The number of carbonyl (C=O) groups excluding carboxylic acids is 2. The molecule has 0 saturated carbocycles. The zero-order valence-corrected chi connectivity index (χ0v) is 18.2. The number of furan rings is 1. The summed E-state index contributed by atoms with van der Waals surface area (Å²) in [5.74, 6) is -0.375. The molecule has 2 amide bonds. The highest BCUT2D eigenvalue weighted by molar-refractivity contribution is 6.41. The summed E-state index contributed by atoms with van der Waals surface area (Å²) < 4.78 is 15.7. The van der Waals surface area contributed by atoms with E-state index in [4.69, 9.17) is 37.1 Å². The Morgan fingerprint density at radius 3 is 2.30 bits per heavy atom. The van der Waals surface area contributed by atoms with Gasteiger partial charge >= 0.3 is 0 Å². The van der Waals surface area contributed by atoms with E-state index >= 15 is 0 Å². The van der Waals surface area contributed by atoms with Crippen LogP contribution in [0.15, 0.2) is 46.7 Å². The van der Waals surface area contributed by atoms with Gasteiger partial charge in [0.2, 0.25) is 0 Å². The Bertz CT molecular complexity index is 935. The number of hydrogen-bond donors (Lipinski definition) is 0. The molecule has 1 aromatic heterocycles. The van der Waals surface area contributed by atoms with E-state index in [0.717, 1.165) is 4.90 Å². The first-order valence-electron chi connectivity index (χ1n) is 9.29. The molecule has 1 aromatic carbocycles. The SMILES string of the molecule is COCCN(CCOC)C1=C(c2ccc(Cl)cc2Cl)C(=O)N(Cc2ccco2)C1=O. The van der Waals surface area contributed by atoms with Gasteiger partial charge in [-0.05, 0) is 24.3 Å². The third-order valence-corrected chi connectivity index (χ3v) is 5.23. The monoisotopic (exact) mass is 452 g/mol. The summed E-state index contributed by atoms with van der Waals surface area (Å²) >= 11 is 12.4. The molecule has 2 heterocycles. The average Bonchev–Trinajstić information content (AvgIpc) is 3.31. The third kappa shape index (κ3) is 4.70. The number of hydrogen-bond acceptors (Lipinski definition) is 6. The lowest BCUT2D eigenvalue weighted by molar-refractivity contribution is -0.138. The molecular formula is C21H22Cl2N2O5. The summed E-state index contributed by atoms with van der Waals surface area (Å²) in [6.45, 7) is 1.56. The van der Waals surface area contributed by atoms with Gasteiger partial charge in [0.1, 0.15) is 11.5 Å². The first kappa shape index (κ1) is 22.4. The second-order valence-corrected chi connectivity index (χ2v) is 7.44. The van der Waals surface area contributed by atoms with Gasteiger partial charge in [-0.3, -0.25) is 14.5 Å². The maximum atomic E-state index is 13.4. The standard InChI is InChI=1S/C21H22Cl2N2O5/c1-28-10-7-24(8-11-29-2)19-18(16-6-5-14(22)12-17(16)23)20(26)25(21(19)27)13-15-4-3-9-30-15/h3-6,9,12H,7-8,10-11,13H2,1-2H3. The van der Waals surface area contributed by atoms with E-state index in [1.165, 1.54) is 6.26 Å². The molecule has 0 fully saturated rings. The van der Waals surface area contributed by atoms with Crippen LogP contribution in [0.3, 0.4) is 0 Å². The van der Waals surface area contributed by atoms with Gasteiger partial charge in [-0.2, -0.15) is 0 Å². The van der Waals surface area contributed by atoms with Crippen LogP contribution in [0, 0.1) is 0 Å². The molecular weight excluding hydrogens is 431 g/mol. The summed E-state index contributed by atoms with van der Waals surface area (Å²) in [4.78, 5) is 29.7. The fourth-order valence-electron chi connectivity index (χ4n) is 3.23. The summed E-state index contributed by atoms with van der Waals surface area (Å²) in [6.07, 6.45) is 1.50. The van der Waals surface area contributed by atoms with Crippen molar-refractivity contribution in [1.82, 2.24) is 9.80 Å².